The highest BCUT2D eigenvalue weighted by molar-refractivity contribution is 4.88. The summed E-state index contributed by atoms with van der Waals surface area (Å²) in [5, 5.41) is 8.89. The Labute approximate surface area is 100 Å². The summed E-state index contributed by atoms with van der Waals surface area (Å²) in [5.41, 5.74) is 0. The molecule has 1 heterocycles. The summed E-state index contributed by atoms with van der Waals surface area (Å²) < 4.78 is 0. The van der Waals surface area contributed by atoms with Crippen molar-refractivity contribution in [3.05, 3.63) is 0 Å². The molecule has 16 heavy (non-hydrogen) atoms. The van der Waals surface area contributed by atoms with E-state index in [1.807, 2.05) is 0 Å². The second kappa shape index (κ2) is 6.22. The zero-order valence-electron chi connectivity index (χ0n) is 11.1. The van der Waals surface area contributed by atoms with Gasteiger partial charge in [-0.3, -0.25) is 4.90 Å². The van der Waals surface area contributed by atoms with E-state index in [-0.39, 0.29) is 0 Å². The van der Waals surface area contributed by atoms with Crippen molar-refractivity contribution in [2.45, 2.75) is 45.7 Å². The molecule has 3 heteroatoms. The van der Waals surface area contributed by atoms with Gasteiger partial charge in [-0.1, -0.05) is 13.8 Å². The van der Waals surface area contributed by atoms with Crippen molar-refractivity contribution in [2.24, 2.45) is 5.92 Å². The first-order valence-corrected chi connectivity index (χ1v) is 6.35. The van der Waals surface area contributed by atoms with Gasteiger partial charge in [-0.25, -0.2) is 0 Å². The fraction of sp³-hybridized carbons (Fsp3) is 0.923. The molecule has 1 rings (SSSR count). The maximum atomic E-state index is 8.89. The van der Waals surface area contributed by atoms with Crippen molar-refractivity contribution >= 4 is 0 Å². The number of nitrogens with zero attached hydrogens (tertiary/aromatic N) is 3. The molecule has 0 aromatic heterocycles. The fourth-order valence-electron chi connectivity index (χ4n) is 2.45. The van der Waals surface area contributed by atoms with Crippen molar-refractivity contribution in [1.29, 1.82) is 5.26 Å². The zero-order chi connectivity index (χ0) is 12.1. The summed E-state index contributed by atoms with van der Waals surface area (Å²) in [4.78, 5) is 4.90. The lowest BCUT2D eigenvalue weighted by molar-refractivity contribution is 0.172. The Kier molecular flexibility index (Phi) is 5.24. The Hall–Kier alpha value is -0.590. The highest BCUT2D eigenvalue weighted by atomic mass is 15.2. The lowest BCUT2D eigenvalue weighted by atomic mass is 10.1. The van der Waals surface area contributed by atoms with Crippen LogP contribution in [0.3, 0.4) is 0 Å². The van der Waals surface area contributed by atoms with Gasteiger partial charge < -0.3 is 4.90 Å². The number of hydrogen-bond donors (Lipinski definition) is 0. The first-order valence-electron chi connectivity index (χ1n) is 6.35. The van der Waals surface area contributed by atoms with Crippen molar-refractivity contribution in [2.75, 3.05) is 26.7 Å². The van der Waals surface area contributed by atoms with Crippen LogP contribution >= 0.6 is 0 Å². The average molecular weight is 223 g/mol. The number of hydrogen-bond acceptors (Lipinski definition) is 3. The minimum absolute atomic E-state index is 0.404. The van der Waals surface area contributed by atoms with Gasteiger partial charge in [0.1, 0.15) is 0 Å². The summed E-state index contributed by atoms with van der Waals surface area (Å²) in [6.45, 7) is 10.2. The quantitative estimate of drug-likeness (QED) is 0.732. The molecular weight excluding hydrogens is 198 g/mol. The lowest BCUT2D eigenvalue weighted by Crippen LogP contribution is -2.42. The molecule has 2 atom stereocenters. The normalized spacial score (nSPS) is 29.0. The molecule has 0 radical (unpaired) electrons. The van der Waals surface area contributed by atoms with Crippen molar-refractivity contribution in [3.8, 4) is 6.07 Å². The summed E-state index contributed by atoms with van der Waals surface area (Å²) in [7, 11) is 2.16. The molecule has 1 aliphatic heterocycles. The van der Waals surface area contributed by atoms with E-state index < -0.39 is 0 Å². The number of likely N-dealkylation sites (N-methyl/N-ethyl adjacent to an activating group) is 1. The lowest BCUT2D eigenvalue weighted by Gasteiger charge is -2.30. The molecule has 0 N–H and O–H groups in total. The maximum absolute atomic E-state index is 8.89. The van der Waals surface area contributed by atoms with Crippen LogP contribution in [0.2, 0.25) is 0 Å². The predicted octanol–water partition coefficient (Wildman–Crippen LogP) is 1.95. The number of rotatable bonds is 3. The SMILES string of the molecule is CC(C)CN1CCC(C)N(C)C(CC#N)C1. The van der Waals surface area contributed by atoms with E-state index in [1.54, 1.807) is 0 Å². The van der Waals surface area contributed by atoms with E-state index in [1.165, 1.54) is 13.0 Å². The minimum atomic E-state index is 0.404. The maximum Gasteiger partial charge on any atom is 0.0638 e. The van der Waals surface area contributed by atoms with Crippen LogP contribution in [-0.2, 0) is 0 Å². The average Bonchev–Trinajstić information content (AvgIpc) is 2.33. The molecule has 0 saturated carbocycles. The highest BCUT2D eigenvalue weighted by Gasteiger charge is 2.26. The molecule has 0 amide bonds. The molecule has 2 unspecified atom stereocenters. The van der Waals surface area contributed by atoms with E-state index in [4.69, 9.17) is 5.26 Å². The van der Waals surface area contributed by atoms with E-state index in [0.717, 1.165) is 13.1 Å². The summed E-state index contributed by atoms with van der Waals surface area (Å²) in [5.74, 6) is 0.710. The first-order chi connectivity index (χ1) is 7.54. The van der Waals surface area contributed by atoms with Crippen molar-refractivity contribution in [3.63, 3.8) is 0 Å². The Balaban J connectivity index is 2.62. The Morgan fingerprint density at radius 2 is 2.12 bits per heavy atom. The molecule has 0 spiro atoms. The topological polar surface area (TPSA) is 30.3 Å². The molecule has 0 aliphatic carbocycles. The van der Waals surface area contributed by atoms with Gasteiger partial charge in [-0.2, -0.15) is 5.26 Å². The molecular formula is C13H25N3. The van der Waals surface area contributed by atoms with E-state index >= 15 is 0 Å². The van der Waals surface area contributed by atoms with Gasteiger partial charge in [0.05, 0.1) is 12.5 Å². The standard InChI is InChI=1S/C13H25N3/c1-11(2)9-16-8-6-12(3)15(4)13(10-16)5-7-14/h11-13H,5-6,8-10H2,1-4H3. The molecule has 1 fully saturated rings. The van der Waals surface area contributed by atoms with Crippen LogP contribution in [0.5, 0.6) is 0 Å². The molecule has 92 valence electrons. The smallest absolute Gasteiger partial charge is 0.0638 e. The third-order valence-corrected chi connectivity index (χ3v) is 3.55. The van der Waals surface area contributed by atoms with Gasteiger partial charge in [0.25, 0.3) is 0 Å². The Morgan fingerprint density at radius 3 is 2.69 bits per heavy atom. The zero-order valence-corrected chi connectivity index (χ0v) is 11.1. The van der Waals surface area contributed by atoms with Gasteiger partial charge in [-0.05, 0) is 32.9 Å². The minimum Gasteiger partial charge on any atom is -0.301 e. The summed E-state index contributed by atoms with van der Waals surface area (Å²) in [6.07, 6.45) is 1.86. The molecule has 0 bridgehead atoms. The second-order valence-corrected chi connectivity index (χ2v) is 5.47. The van der Waals surface area contributed by atoms with Gasteiger partial charge >= 0.3 is 0 Å². The highest BCUT2D eigenvalue weighted by Crippen LogP contribution is 2.17. The fourth-order valence-corrected chi connectivity index (χ4v) is 2.45. The Morgan fingerprint density at radius 1 is 1.44 bits per heavy atom. The van der Waals surface area contributed by atoms with Gasteiger partial charge in [0, 0.05) is 25.2 Å². The van der Waals surface area contributed by atoms with Crippen LogP contribution in [0.25, 0.3) is 0 Å². The van der Waals surface area contributed by atoms with E-state index in [2.05, 4.69) is 43.7 Å². The summed E-state index contributed by atoms with van der Waals surface area (Å²) in [6, 6.07) is 3.32. The van der Waals surface area contributed by atoms with Gasteiger partial charge in [0.15, 0.2) is 0 Å². The molecule has 3 nitrogen and oxygen atoms in total. The molecule has 1 aliphatic rings. The van der Waals surface area contributed by atoms with Crippen LogP contribution in [0.4, 0.5) is 0 Å². The predicted molar refractivity (Wildman–Crippen MR) is 67.1 cm³/mol. The molecule has 0 aromatic carbocycles. The second-order valence-electron chi connectivity index (χ2n) is 5.47. The van der Waals surface area contributed by atoms with Crippen molar-refractivity contribution < 1.29 is 0 Å². The van der Waals surface area contributed by atoms with E-state index in [9.17, 15) is 0 Å². The van der Waals surface area contributed by atoms with Crippen LogP contribution in [0.1, 0.15) is 33.6 Å². The monoisotopic (exact) mass is 223 g/mol. The van der Waals surface area contributed by atoms with Gasteiger partial charge in [-0.15, -0.1) is 0 Å². The molecule has 0 aromatic rings. The summed E-state index contributed by atoms with van der Waals surface area (Å²) >= 11 is 0. The van der Waals surface area contributed by atoms with E-state index in [0.29, 0.717) is 24.4 Å². The first kappa shape index (κ1) is 13.5. The third-order valence-electron chi connectivity index (χ3n) is 3.55. The van der Waals surface area contributed by atoms with Crippen LogP contribution in [0, 0.1) is 17.2 Å². The Bertz CT molecular complexity index is 244. The molecule has 1 saturated heterocycles. The third kappa shape index (κ3) is 3.77. The van der Waals surface area contributed by atoms with Gasteiger partial charge in [0.2, 0.25) is 0 Å². The van der Waals surface area contributed by atoms with Crippen LogP contribution in [-0.4, -0.2) is 48.6 Å². The van der Waals surface area contributed by atoms with Crippen LogP contribution in [0.15, 0.2) is 0 Å². The van der Waals surface area contributed by atoms with Crippen molar-refractivity contribution in [1.82, 2.24) is 9.80 Å². The van der Waals surface area contributed by atoms with Crippen LogP contribution < -0.4 is 0 Å². The number of nitriles is 1. The largest absolute Gasteiger partial charge is 0.301 e.